The van der Waals surface area contributed by atoms with Gasteiger partial charge in [-0.3, -0.25) is 0 Å². The van der Waals surface area contributed by atoms with Crippen molar-refractivity contribution in [2.24, 2.45) is 31.1 Å². The average molecular weight is 308 g/mol. The van der Waals surface area contributed by atoms with Crippen LogP contribution in [0.3, 0.4) is 0 Å². The fourth-order valence-electron chi connectivity index (χ4n) is 2.67. The summed E-state index contributed by atoms with van der Waals surface area (Å²) in [5, 5.41) is 22.1. The Balaban J connectivity index is 2.16. The van der Waals surface area contributed by atoms with E-state index < -0.39 is 0 Å². The van der Waals surface area contributed by atoms with Gasteiger partial charge in [-0.25, -0.2) is 0 Å². The summed E-state index contributed by atoms with van der Waals surface area (Å²) in [6.07, 6.45) is 18.4. The molecule has 0 aliphatic carbocycles. The number of nitrogens with zero attached hydrogens (tertiary/aromatic N) is 6. The molecule has 1 aliphatic rings. The van der Waals surface area contributed by atoms with Gasteiger partial charge in [0.2, 0.25) is 0 Å². The first-order chi connectivity index (χ1) is 11.0. The molecule has 0 fully saturated rings. The highest BCUT2D eigenvalue weighted by Crippen LogP contribution is 2.13. The Morgan fingerprint density at radius 1 is 0.273 bits per heavy atom. The Kier molecular flexibility index (Phi) is 13.9. The Labute approximate surface area is 134 Å². The summed E-state index contributed by atoms with van der Waals surface area (Å²) in [4.78, 5) is 0. The molecule has 0 spiro atoms. The van der Waals surface area contributed by atoms with Gasteiger partial charge in [-0.15, -0.1) is 0 Å². The lowest BCUT2D eigenvalue weighted by Crippen LogP contribution is -1.85. The molecule has 1 aliphatic heterocycles. The van der Waals surface area contributed by atoms with Crippen molar-refractivity contribution in [2.45, 2.75) is 89.9 Å². The second-order valence-corrected chi connectivity index (χ2v) is 6.04. The molecular weight excluding hydrogens is 276 g/mol. The molecule has 0 aromatic heterocycles. The molecule has 0 radical (unpaired) electrons. The van der Waals surface area contributed by atoms with Gasteiger partial charge < -0.3 is 0 Å². The molecule has 0 N–H and O–H groups in total. The maximum atomic E-state index is 3.95. The van der Waals surface area contributed by atoms with E-state index in [1.165, 1.54) is 77.0 Å². The summed E-state index contributed by atoms with van der Waals surface area (Å²) >= 11 is 0. The Bertz CT molecular complexity index is 284. The second kappa shape index (κ2) is 16.2. The fourth-order valence-corrected chi connectivity index (χ4v) is 2.67. The Hall–Kier alpha value is -1.20. The minimum Gasteiger partial charge on any atom is -0.167 e. The molecule has 126 valence electrons. The topological polar surface area (TPSA) is 74.2 Å². The molecule has 0 atom stereocenters. The first-order valence-electron chi connectivity index (χ1n) is 9.13. The van der Waals surface area contributed by atoms with Crippen LogP contribution in [0.2, 0.25) is 0 Å². The molecular formula is C16H32N6. The highest BCUT2D eigenvalue weighted by atomic mass is 15.6. The maximum Gasteiger partial charge on any atom is 0.0621 e. The lowest BCUT2D eigenvalue weighted by molar-refractivity contribution is 0.532. The van der Waals surface area contributed by atoms with Crippen molar-refractivity contribution < 1.29 is 0 Å². The molecule has 0 saturated heterocycles. The van der Waals surface area contributed by atoms with Crippen LogP contribution in [0.25, 0.3) is 0 Å². The van der Waals surface area contributed by atoms with Crippen LogP contribution in [-0.2, 0) is 0 Å². The van der Waals surface area contributed by atoms with Crippen molar-refractivity contribution in [2.75, 3.05) is 13.1 Å². The van der Waals surface area contributed by atoms with Crippen molar-refractivity contribution in [3.63, 3.8) is 0 Å². The zero-order valence-electron chi connectivity index (χ0n) is 14.0. The van der Waals surface area contributed by atoms with Crippen LogP contribution in [0.1, 0.15) is 89.9 Å². The molecule has 0 bridgehead atoms. The van der Waals surface area contributed by atoms with E-state index in [4.69, 9.17) is 0 Å². The van der Waals surface area contributed by atoms with Gasteiger partial charge in [-0.1, -0.05) is 77.0 Å². The quantitative estimate of drug-likeness (QED) is 0.480. The molecule has 22 heavy (non-hydrogen) atoms. The smallest absolute Gasteiger partial charge is 0.0621 e. The van der Waals surface area contributed by atoms with Gasteiger partial charge >= 0.3 is 0 Å². The molecule has 0 unspecified atom stereocenters. The van der Waals surface area contributed by atoms with Crippen LogP contribution >= 0.6 is 0 Å². The van der Waals surface area contributed by atoms with Gasteiger partial charge in [-0.05, 0) is 33.7 Å². The highest BCUT2D eigenvalue weighted by Gasteiger charge is 1.94. The standard InChI is InChI=1S/C16H32N6/c1-2-4-6-8-10-12-14-16-18-20-22-21-19-17-15-13-11-9-7-5-3-1/h1-16H2/b19-17?,20-18?,22-21+. The van der Waals surface area contributed by atoms with Gasteiger partial charge in [0.25, 0.3) is 0 Å². The largest absolute Gasteiger partial charge is 0.167 e. The first kappa shape index (κ1) is 18.8. The predicted octanol–water partition coefficient (Wildman–Crippen LogP) is 6.65. The lowest BCUT2D eigenvalue weighted by atomic mass is 10.0. The van der Waals surface area contributed by atoms with E-state index in [1.807, 2.05) is 0 Å². The van der Waals surface area contributed by atoms with Crippen LogP contribution in [0.4, 0.5) is 0 Å². The van der Waals surface area contributed by atoms with E-state index in [2.05, 4.69) is 31.1 Å². The zero-order chi connectivity index (χ0) is 15.6. The lowest BCUT2D eigenvalue weighted by Gasteiger charge is -2.03. The van der Waals surface area contributed by atoms with Gasteiger partial charge in [-0.2, -0.15) is 10.2 Å². The molecule has 6 nitrogen and oxygen atoms in total. The molecule has 6 heteroatoms. The molecule has 0 amide bonds. The third-order valence-corrected chi connectivity index (χ3v) is 4.01. The number of rotatable bonds is 0. The number of hydrogen-bond donors (Lipinski definition) is 0. The normalized spacial score (nSPS) is 23.3. The first-order valence-corrected chi connectivity index (χ1v) is 9.13. The highest BCUT2D eigenvalue weighted by molar-refractivity contribution is 4.50. The van der Waals surface area contributed by atoms with E-state index in [0.717, 1.165) is 25.9 Å². The second-order valence-electron chi connectivity index (χ2n) is 6.04. The van der Waals surface area contributed by atoms with Crippen LogP contribution < -0.4 is 0 Å². The van der Waals surface area contributed by atoms with E-state index in [0.29, 0.717) is 0 Å². The average Bonchev–Trinajstić information content (AvgIpc) is 2.53. The van der Waals surface area contributed by atoms with Crippen LogP contribution in [-0.4, -0.2) is 13.1 Å². The molecule has 0 aromatic carbocycles. The monoisotopic (exact) mass is 308 g/mol. The van der Waals surface area contributed by atoms with Crippen LogP contribution in [0.15, 0.2) is 31.1 Å². The van der Waals surface area contributed by atoms with E-state index in [-0.39, 0.29) is 0 Å². The predicted molar refractivity (Wildman–Crippen MR) is 88.9 cm³/mol. The summed E-state index contributed by atoms with van der Waals surface area (Å²) in [7, 11) is 0. The fraction of sp³-hybridized carbons (Fsp3) is 1.00. The third kappa shape index (κ3) is 13.8. The third-order valence-electron chi connectivity index (χ3n) is 4.01. The maximum absolute atomic E-state index is 3.95. The van der Waals surface area contributed by atoms with Crippen molar-refractivity contribution in [3.05, 3.63) is 0 Å². The van der Waals surface area contributed by atoms with Gasteiger partial charge in [0, 0.05) is 0 Å². The van der Waals surface area contributed by atoms with Crippen molar-refractivity contribution in [1.29, 1.82) is 0 Å². The SMILES string of the molecule is C1CCCCCCCCN=N/N=N/N=NCCCCCCC1. The van der Waals surface area contributed by atoms with Gasteiger partial charge in [0.15, 0.2) is 0 Å². The summed E-state index contributed by atoms with van der Waals surface area (Å²) in [5.41, 5.74) is 0. The summed E-state index contributed by atoms with van der Waals surface area (Å²) < 4.78 is 0. The van der Waals surface area contributed by atoms with Gasteiger partial charge in [0.05, 0.1) is 13.1 Å². The molecule has 1 heterocycles. The molecule has 1 rings (SSSR count). The Morgan fingerprint density at radius 2 is 0.545 bits per heavy atom. The van der Waals surface area contributed by atoms with Crippen LogP contribution in [0, 0.1) is 0 Å². The molecule has 0 saturated carbocycles. The van der Waals surface area contributed by atoms with E-state index in [9.17, 15) is 0 Å². The van der Waals surface area contributed by atoms with E-state index in [1.54, 1.807) is 0 Å². The van der Waals surface area contributed by atoms with E-state index >= 15 is 0 Å². The summed E-state index contributed by atoms with van der Waals surface area (Å²) in [6, 6.07) is 0. The molecule has 0 aromatic rings. The minimum absolute atomic E-state index is 0.732. The summed E-state index contributed by atoms with van der Waals surface area (Å²) in [6.45, 7) is 1.46. The van der Waals surface area contributed by atoms with Crippen molar-refractivity contribution in [3.8, 4) is 0 Å². The Morgan fingerprint density at radius 3 is 0.864 bits per heavy atom. The zero-order valence-corrected chi connectivity index (χ0v) is 14.0. The van der Waals surface area contributed by atoms with Crippen LogP contribution in [0.5, 0.6) is 0 Å². The number of hydrogen-bond acceptors (Lipinski definition) is 6. The van der Waals surface area contributed by atoms with Crippen molar-refractivity contribution in [1.82, 2.24) is 0 Å². The minimum atomic E-state index is 0.732. The summed E-state index contributed by atoms with van der Waals surface area (Å²) in [5.74, 6) is 0. The van der Waals surface area contributed by atoms with Crippen molar-refractivity contribution >= 4 is 0 Å². The van der Waals surface area contributed by atoms with Gasteiger partial charge in [0.1, 0.15) is 0 Å².